The number of nitrogens with zero attached hydrogens (tertiary/aromatic N) is 1. The number of carbonyl (C=O) groups excluding carboxylic acids is 1. The Hall–Kier alpha value is -0.770. The zero-order valence-electron chi connectivity index (χ0n) is 8.16. The Balaban J connectivity index is 3.61. The Labute approximate surface area is 73.4 Å². The van der Waals surface area contributed by atoms with E-state index in [0.29, 0.717) is 13.2 Å². The molecule has 0 spiro atoms. The average Bonchev–Trinajstić information content (AvgIpc) is 1.98. The summed E-state index contributed by atoms with van der Waals surface area (Å²) >= 11 is 0. The van der Waals surface area contributed by atoms with E-state index in [9.17, 15) is 4.79 Å². The monoisotopic (exact) mass is 175 g/mol. The second-order valence-corrected chi connectivity index (χ2v) is 2.85. The van der Waals surface area contributed by atoms with Crippen LogP contribution < -0.4 is 0 Å². The van der Waals surface area contributed by atoms with Crippen LogP contribution in [0.3, 0.4) is 0 Å². The van der Waals surface area contributed by atoms with Crippen molar-refractivity contribution in [2.45, 2.75) is 20.0 Å². The molecule has 0 heterocycles. The molecule has 0 saturated heterocycles. The van der Waals surface area contributed by atoms with E-state index < -0.39 is 0 Å². The standard InChI is InChI=1S/C8H17NO3/c1-7(2)12-8(10)9(3)5-6-11-4/h7H,5-6H2,1-4H3. The normalized spacial score (nSPS) is 10.1. The summed E-state index contributed by atoms with van der Waals surface area (Å²) in [6.45, 7) is 4.73. The molecule has 0 saturated carbocycles. The molecule has 0 atom stereocenters. The van der Waals surface area contributed by atoms with Gasteiger partial charge in [0, 0.05) is 20.7 Å². The summed E-state index contributed by atoms with van der Waals surface area (Å²) in [5.74, 6) is 0. The molecule has 12 heavy (non-hydrogen) atoms. The van der Waals surface area contributed by atoms with Crippen LogP contribution in [0.25, 0.3) is 0 Å². The lowest BCUT2D eigenvalue weighted by atomic mass is 10.5. The molecular weight excluding hydrogens is 158 g/mol. The van der Waals surface area contributed by atoms with Crippen molar-refractivity contribution < 1.29 is 14.3 Å². The summed E-state index contributed by atoms with van der Waals surface area (Å²) in [4.78, 5) is 12.6. The Bertz CT molecular complexity index is 136. The maximum atomic E-state index is 11.1. The van der Waals surface area contributed by atoms with Gasteiger partial charge in [-0.15, -0.1) is 0 Å². The summed E-state index contributed by atoms with van der Waals surface area (Å²) in [5.41, 5.74) is 0. The third kappa shape index (κ3) is 4.96. The highest BCUT2D eigenvalue weighted by Crippen LogP contribution is 1.94. The predicted octanol–water partition coefficient (Wildman–Crippen LogP) is 1.11. The van der Waals surface area contributed by atoms with Gasteiger partial charge in [-0.3, -0.25) is 0 Å². The first kappa shape index (κ1) is 11.2. The molecule has 1 amide bonds. The van der Waals surface area contributed by atoms with Gasteiger partial charge in [-0.25, -0.2) is 4.79 Å². The first-order chi connectivity index (χ1) is 5.57. The zero-order chi connectivity index (χ0) is 9.56. The molecule has 0 aromatic carbocycles. The van der Waals surface area contributed by atoms with Crippen molar-refractivity contribution in [1.29, 1.82) is 0 Å². The summed E-state index contributed by atoms with van der Waals surface area (Å²) in [6.07, 6.45) is -0.371. The fourth-order valence-corrected chi connectivity index (χ4v) is 0.611. The van der Waals surface area contributed by atoms with Crippen LogP contribution in [0.2, 0.25) is 0 Å². The van der Waals surface area contributed by atoms with Gasteiger partial charge in [-0.1, -0.05) is 0 Å². The van der Waals surface area contributed by atoms with Crippen molar-refractivity contribution in [2.75, 3.05) is 27.3 Å². The van der Waals surface area contributed by atoms with Crippen LogP contribution in [0.4, 0.5) is 4.79 Å². The SMILES string of the molecule is COCCN(C)C(=O)OC(C)C. The minimum absolute atomic E-state index is 0.0671. The minimum Gasteiger partial charge on any atom is -0.447 e. The first-order valence-corrected chi connectivity index (χ1v) is 3.98. The van der Waals surface area contributed by atoms with Gasteiger partial charge in [0.2, 0.25) is 0 Å². The third-order valence-electron chi connectivity index (χ3n) is 1.28. The largest absolute Gasteiger partial charge is 0.447 e. The van der Waals surface area contributed by atoms with Gasteiger partial charge in [0.05, 0.1) is 12.7 Å². The number of carbonyl (C=O) groups is 1. The zero-order valence-corrected chi connectivity index (χ0v) is 8.16. The van der Waals surface area contributed by atoms with Gasteiger partial charge in [0.15, 0.2) is 0 Å². The summed E-state index contributed by atoms with van der Waals surface area (Å²) in [6, 6.07) is 0. The number of ether oxygens (including phenoxy) is 2. The van der Waals surface area contributed by atoms with Crippen LogP contribution in [0.1, 0.15) is 13.8 Å². The quantitative estimate of drug-likeness (QED) is 0.642. The number of hydrogen-bond acceptors (Lipinski definition) is 3. The van der Waals surface area contributed by atoms with Crippen LogP contribution in [0, 0.1) is 0 Å². The summed E-state index contributed by atoms with van der Waals surface area (Å²) in [7, 11) is 3.28. The molecule has 0 aromatic rings. The fourth-order valence-electron chi connectivity index (χ4n) is 0.611. The first-order valence-electron chi connectivity index (χ1n) is 3.98. The molecule has 4 heteroatoms. The Morgan fingerprint density at radius 2 is 2.08 bits per heavy atom. The van der Waals surface area contributed by atoms with E-state index in [0.717, 1.165) is 0 Å². The van der Waals surface area contributed by atoms with Crippen molar-refractivity contribution in [1.82, 2.24) is 4.90 Å². The number of hydrogen-bond donors (Lipinski definition) is 0. The smallest absolute Gasteiger partial charge is 0.409 e. The van der Waals surface area contributed by atoms with Gasteiger partial charge < -0.3 is 14.4 Å². The minimum atomic E-state index is -0.304. The lowest BCUT2D eigenvalue weighted by molar-refractivity contribution is 0.0747. The van der Waals surface area contributed by atoms with Crippen LogP contribution in [0.5, 0.6) is 0 Å². The maximum absolute atomic E-state index is 11.1. The second-order valence-electron chi connectivity index (χ2n) is 2.85. The molecule has 0 aliphatic rings. The summed E-state index contributed by atoms with van der Waals surface area (Å²) in [5, 5.41) is 0. The van der Waals surface area contributed by atoms with E-state index >= 15 is 0 Å². The fraction of sp³-hybridized carbons (Fsp3) is 0.875. The lowest BCUT2D eigenvalue weighted by Crippen LogP contribution is -2.32. The number of likely N-dealkylation sites (N-methyl/N-ethyl adjacent to an activating group) is 1. The molecular formula is C8H17NO3. The van der Waals surface area contributed by atoms with E-state index in [1.807, 2.05) is 13.8 Å². The molecule has 0 unspecified atom stereocenters. The second kappa shape index (κ2) is 5.83. The number of methoxy groups -OCH3 is 1. The van der Waals surface area contributed by atoms with Crippen LogP contribution in [-0.2, 0) is 9.47 Å². The van der Waals surface area contributed by atoms with Gasteiger partial charge in [0.1, 0.15) is 0 Å². The molecule has 0 aromatic heterocycles. The Morgan fingerprint density at radius 1 is 1.50 bits per heavy atom. The Morgan fingerprint density at radius 3 is 2.50 bits per heavy atom. The highest BCUT2D eigenvalue weighted by molar-refractivity contribution is 5.67. The summed E-state index contributed by atoms with van der Waals surface area (Å²) < 4.78 is 9.76. The van der Waals surface area contributed by atoms with E-state index in [-0.39, 0.29) is 12.2 Å². The van der Waals surface area contributed by atoms with Crippen molar-refractivity contribution in [3.8, 4) is 0 Å². The van der Waals surface area contributed by atoms with Crippen molar-refractivity contribution in [2.24, 2.45) is 0 Å². The molecule has 4 nitrogen and oxygen atoms in total. The molecule has 0 rings (SSSR count). The molecule has 0 bridgehead atoms. The predicted molar refractivity (Wildman–Crippen MR) is 46.1 cm³/mol. The maximum Gasteiger partial charge on any atom is 0.409 e. The van der Waals surface area contributed by atoms with E-state index in [4.69, 9.17) is 9.47 Å². The van der Waals surface area contributed by atoms with E-state index in [1.165, 1.54) is 4.90 Å². The topological polar surface area (TPSA) is 38.8 Å². The number of amides is 1. The highest BCUT2D eigenvalue weighted by Gasteiger charge is 2.10. The van der Waals surface area contributed by atoms with Gasteiger partial charge in [0.25, 0.3) is 0 Å². The molecule has 0 fully saturated rings. The van der Waals surface area contributed by atoms with Gasteiger partial charge >= 0.3 is 6.09 Å². The van der Waals surface area contributed by atoms with Gasteiger partial charge in [-0.05, 0) is 13.8 Å². The van der Waals surface area contributed by atoms with Crippen molar-refractivity contribution in [3.63, 3.8) is 0 Å². The van der Waals surface area contributed by atoms with Crippen molar-refractivity contribution in [3.05, 3.63) is 0 Å². The molecule has 0 aliphatic heterocycles. The average molecular weight is 175 g/mol. The van der Waals surface area contributed by atoms with Crippen LogP contribution >= 0.6 is 0 Å². The van der Waals surface area contributed by atoms with Crippen LogP contribution in [-0.4, -0.2) is 44.4 Å². The van der Waals surface area contributed by atoms with E-state index in [1.54, 1.807) is 14.2 Å². The third-order valence-corrected chi connectivity index (χ3v) is 1.28. The molecule has 0 N–H and O–H groups in total. The molecule has 0 aliphatic carbocycles. The van der Waals surface area contributed by atoms with E-state index in [2.05, 4.69) is 0 Å². The number of rotatable bonds is 4. The Kier molecular flexibility index (Phi) is 5.45. The molecule has 72 valence electrons. The van der Waals surface area contributed by atoms with Gasteiger partial charge in [-0.2, -0.15) is 0 Å². The lowest BCUT2D eigenvalue weighted by Gasteiger charge is -2.17. The van der Waals surface area contributed by atoms with Crippen LogP contribution in [0.15, 0.2) is 0 Å². The molecule has 0 radical (unpaired) electrons. The highest BCUT2D eigenvalue weighted by atomic mass is 16.6. The van der Waals surface area contributed by atoms with Crippen molar-refractivity contribution >= 4 is 6.09 Å².